The van der Waals surface area contributed by atoms with Crippen LogP contribution in [0.15, 0.2) is 67.1 Å². The van der Waals surface area contributed by atoms with Gasteiger partial charge in [-0.1, -0.05) is 24.0 Å². The van der Waals surface area contributed by atoms with Crippen molar-refractivity contribution in [1.29, 1.82) is 0 Å². The summed E-state index contributed by atoms with van der Waals surface area (Å²) >= 11 is 0. The van der Waals surface area contributed by atoms with Gasteiger partial charge in [-0.25, -0.2) is 13.5 Å². The molecule has 7 nitrogen and oxygen atoms in total. The Morgan fingerprint density at radius 1 is 0.900 bits per heavy atom. The second-order valence-corrected chi connectivity index (χ2v) is 8.66. The van der Waals surface area contributed by atoms with Crippen molar-refractivity contribution in [2.45, 2.75) is 30.8 Å². The Bertz CT molecular complexity index is 1500. The van der Waals surface area contributed by atoms with Crippen molar-refractivity contribution >= 4 is 0 Å². The number of rotatable bonds is 8. The van der Waals surface area contributed by atoms with E-state index in [1.165, 1.54) is 6.07 Å². The Kier molecular flexibility index (Phi) is 8.17. The van der Waals surface area contributed by atoms with Gasteiger partial charge in [0.2, 0.25) is 0 Å². The fourth-order valence-corrected chi connectivity index (χ4v) is 3.73. The first kappa shape index (κ1) is 28.7. The van der Waals surface area contributed by atoms with Gasteiger partial charge in [0, 0.05) is 35.5 Å². The summed E-state index contributed by atoms with van der Waals surface area (Å²) < 4.78 is 97.1. The van der Waals surface area contributed by atoms with Crippen molar-refractivity contribution in [3.63, 3.8) is 0 Å². The van der Waals surface area contributed by atoms with E-state index in [0.29, 0.717) is 23.3 Å². The minimum Gasteiger partial charge on any atom is -0.377 e. The lowest BCUT2D eigenvalue weighted by molar-refractivity contribution is -0.207. The molecule has 4 aromatic rings. The SMILES string of the molecule is OC(Cn1cnnn1)(c1ccc(F)cc1F)C(F)(F)c1ccc(C#Cc2ccc(CNCC(F)(F)F)cc2)cn1. The van der Waals surface area contributed by atoms with Crippen LogP contribution in [0.2, 0.25) is 0 Å². The molecule has 0 spiro atoms. The number of nitrogens with zero attached hydrogens (tertiary/aromatic N) is 5. The van der Waals surface area contributed by atoms with Crippen LogP contribution in [0.4, 0.5) is 30.7 Å². The summed E-state index contributed by atoms with van der Waals surface area (Å²) in [5, 5.41) is 23.6. The van der Waals surface area contributed by atoms with Gasteiger partial charge >= 0.3 is 12.1 Å². The minimum absolute atomic E-state index is 0.00834. The molecule has 0 saturated heterocycles. The highest BCUT2D eigenvalue weighted by atomic mass is 19.4. The Morgan fingerprint density at radius 3 is 2.20 bits per heavy atom. The third-order valence-corrected chi connectivity index (χ3v) is 5.72. The van der Waals surface area contributed by atoms with Gasteiger partial charge in [-0.2, -0.15) is 22.0 Å². The summed E-state index contributed by atoms with van der Waals surface area (Å²) in [4.78, 5) is 3.73. The molecule has 2 N–H and O–H groups in total. The monoisotopic (exact) mass is 564 g/mol. The van der Waals surface area contributed by atoms with Crippen LogP contribution in [0.5, 0.6) is 0 Å². The van der Waals surface area contributed by atoms with Crippen molar-refractivity contribution in [2.24, 2.45) is 0 Å². The van der Waals surface area contributed by atoms with E-state index >= 15 is 8.78 Å². The quantitative estimate of drug-likeness (QED) is 0.248. The number of nitrogens with one attached hydrogen (secondary N) is 1. The molecule has 0 aliphatic heterocycles. The average molecular weight is 564 g/mol. The maximum atomic E-state index is 15.8. The smallest absolute Gasteiger partial charge is 0.377 e. The maximum Gasteiger partial charge on any atom is 0.401 e. The van der Waals surface area contributed by atoms with Gasteiger partial charge in [-0.3, -0.25) is 4.98 Å². The molecule has 0 aliphatic rings. The highest BCUT2D eigenvalue weighted by Gasteiger charge is 2.58. The molecule has 40 heavy (non-hydrogen) atoms. The lowest BCUT2D eigenvalue weighted by Crippen LogP contribution is -2.48. The van der Waals surface area contributed by atoms with Crippen molar-refractivity contribution < 1.29 is 35.8 Å². The zero-order valence-corrected chi connectivity index (χ0v) is 20.3. The van der Waals surface area contributed by atoms with Crippen LogP contribution >= 0.6 is 0 Å². The van der Waals surface area contributed by atoms with Crippen LogP contribution in [0.1, 0.15) is 27.9 Å². The molecule has 1 atom stereocenters. The van der Waals surface area contributed by atoms with Crippen LogP contribution < -0.4 is 5.32 Å². The first-order valence-electron chi connectivity index (χ1n) is 11.5. The zero-order chi connectivity index (χ0) is 29.0. The summed E-state index contributed by atoms with van der Waals surface area (Å²) in [5.74, 6) is -1.12. The molecule has 0 aliphatic carbocycles. The lowest BCUT2D eigenvalue weighted by atomic mass is 9.84. The first-order valence-corrected chi connectivity index (χ1v) is 11.5. The number of aliphatic hydroxyl groups is 1. The second-order valence-electron chi connectivity index (χ2n) is 8.66. The van der Waals surface area contributed by atoms with Crippen molar-refractivity contribution in [3.05, 3.63) is 107 Å². The number of alkyl halides is 5. The summed E-state index contributed by atoms with van der Waals surface area (Å²) in [6.45, 7) is -2.10. The number of halogens is 7. The largest absolute Gasteiger partial charge is 0.401 e. The fraction of sp³-hybridized carbons (Fsp3) is 0.231. The lowest BCUT2D eigenvalue weighted by Gasteiger charge is -2.35. The van der Waals surface area contributed by atoms with Gasteiger partial charge < -0.3 is 10.4 Å². The Balaban J connectivity index is 1.54. The van der Waals surface area contributed by atoms with E-state index in [-0.39, 0.29) is 12.1 Å². The van der Waals surface area contributed by atoms with Gasteiger partial charge in [0.05, 0.1) is 13.1 Å². The zero-order valence-electron chi connectivity index (χ0n) is 20.3. The van der Waals surface area contributed by atoms with Gasteiger partial charge in [0.25, 0.3) is 0 Å². The summed E-state index contributed by atoms with van der Waals surface area (Å²) in [6.07, 6.45) is -2.34. The molecule has 0 fully saturated rings. The highest BCUT2D eigenvalue weighted by Crippen LogP contribution is 2.46. The van der Waals surface area contributed by atoms with Crippen molar-refractivity contribution in [3.8, 4) is 11.8 Å². The standard InChI is InChI=1S/C26H19F7N6O/c27-20-8-9-21(22(28)11-20)24(40,15-39-16-36-37-38-39)26(32,33)23-10-7-19(13-35-23)6-3-17-1-4-18(5-2-17)12-34-14-25(29,30)31/h1-2,4-5,7-11,13,16,34,40H,12,14-15H2. The van der Waals surface area contributed by atoms with E-state index in [4.69, 9.17) is 0 Å². The molecule has 2 aromatic heterocycles. The maximum absolute atomic E-state index is 15.8. The van der Waals surface area contributed by atoms with Crippen LogP contribution in [-0.4, -0.2) is 43.0 Å². The van der Waals surface area contributed by atoms with Gasteiger partial charge in [-0.05, 0) is 52.4 Å². The average Bonchev–Trinajstić information content (AvgIpc) is 3.40. The van der Waals surface area contributed by atoms with E-state index in [2.05, 4.69) is 37.7 Å². The summed E-state index contributed by atoms with van der Waals surface area (Å²) in [7, 11) is 0. The molecular weight excluding hydrogens is 545 g/mol. The summed E-state index contributed by atoms with van der Waals surface area (Å²) in [5.41, 5.74) is -3.74. The molecule has 2 aromatic carbocycles. The topological polar surface area (TPSA) is 88.8 Å². The van der Waals surface area contributed by atoms with Gasteiger partial charge in [0.15, 0.2) is 5.60 Å². The first-order chi connectivity index (χ1) is 18.9. The number of pyridine rings is 1. The number of tetrazole rings is 1. The van der Waals surface area contributed by atoms with Crippen LogP contribution in [0, 0.1) is 23.5 Å². The molecule has 0 radical (unpaired) electrons. The second kappa shape index (κ2) is 11.4. The third-order valence-electron chi connectivity index (χ3n) is 5.72. The molecule has 208 valence electrons. The van der Waals surface area contributed by atoms with E-state index in [1.54, 1.807) is 24.3 Å². The van der Waals surface area contributed by atoms with Gasteiger partial charge in [-0.15, -0.1) is 5.10 Å². The molecule has 0 bridgehead atoms. The van der Waals surface area contributed by atoms with E-state index < -0.39 is 53.7 Å². The highest BCUT2D eigenvalue weighted by molar-refractivity contribution is 5.43. The molecular formula is C26H19F7N6O. The minimum atomic E-state index is -4.32. The molecule has 1 unspecified atom stereocenters. The van der Waals surface area contributed by atoms with Crippen LogP contribution in [-0.2, 0) is 24.6 Å². The van der Waals surface area contributed by atoms with Crippen molar-refractivity contribution in [2.75, 3.05) is 6.54 Å². The normalized spacial score (nSPS) is 13.4. The van der Waals surface area contributed by atoms with E-state index in [9.17, 15) is 27.1 Å². The molecule has 2 heterocycles. The molecule has 14 heteroatoms. The Hall–Kier alpha value is -4.35. The number of aromatic nitrogens is 5. The predicted molar refractivity (Wildman–Crippen MR) is 126 cm³/mol. The number of hydrogen-bond donors (Lipinski definition) is 2. The van der Waals surface area contributed by atoms with Crippen LogP contribution in [0.25, 0.3) is 0 Å². The molecule has 4 rings (SSSR count). The molecule has 0 amide bonds. The predicted octanol–water partition coefficient (Wildman–Crippen LogP) is 4.08. The fourth-order valence-electron chi connectivity index (χ4n) is 3.73. The Morgan fingerprint density at radius 2 is 1.60 bits per heavy atom. The number of hydrogen-bond acceptors (Lipinski definition) is 6. The Labute approximate surface area is 222 Å². The van der Waals surface area contributed by atoms with E-state index in [1.807, 2.05) is 0 Å². The molecule has 0 saturated carbocycles. The number of benzene rings is 2. The van der Waals surface area contributed by atoms with Crippen molar-refractivity contribution in [1.82, 2.24) is 30.5 Å². The van der Waals surface area contributed by atoms with Crippen LogP contribution in [0.3, 0.4) is 0 Å². The van der Waals surface area contributed by atoms with E-state index in [0.717, 1.165) is 29.3 Å². The van der Waals surface area contributed by atoms with Gasteiger partial charge in [0.1, 0.15) is 23.7 Å². The summed E-state index contributed by atoms with van der Waals surface area (Å²) in [6, 6.07) is 10.3. The third kappa shape index (κ3) is 6.61.